The Bertz CT molecular complexity index is 1380. The van der Waals surface area contributed by atoms with Crippen molar-refractivity contribution in [2.24, 2.45) is 5.92 Å². The smallest absolute Gasteiger partial charge is 0.227 e. The fourth-order valence-electron chi connectivity index (χ4n) is 5.89. The van der Waals surface area contributed by atoms with Crippen molar-refractivity contribution in [1.82, 2.24) is 24.3 Å². The lowest BCUT2D eigenvalue weighted by atomic mass is 9.96. The number of rotatable bonds is 6. The summed E-state index contributed by atoms with van der Waals surface area (Å²) < 4.78 is 15.8. The molecule has 0 unspecified atom stereocenters. The molecule has 0 saturated carbocycles. The molecular formula is C31H34FN5O. The van der Waals surface area contributed by atoms with Crippen molar-refractivity contribution in [3.05, 3.63) is 96.1 Å². The van der Waals surface area contributed by atoms with Crippen molar-refractivity contribution in [3.8, 4) is 5.69 Å². The second-order valence-corrected chi connectivity index (χ2v) is 10.5. The first-order valence-electron chi connectivity index (χ1n) is 13.6. The number of imidazole rings is 1. The van der Waals surface area contributed by atoms with Crippen LogP contribution in [0.1, 0.15) is 24.2 Å². The van der Waals surface area contributed by atoms with E-state index >= 15 is 0 Å². The SMILES string of the molecule is O=C([C@@H]1CCCN(Cc2nc3ccccc3n2-c2ccc(F)cc2)C1)N1CCN(Cc2ccccc2)CC1. The highest BCUT2D eigenvalue weighted by atomic mass is 19.1. The number of aromatic nitrogens is 2. The molecule has 0 bridgehead atoms. The number of nitrogens with zero attached hydrogens (tertiary/aromatic N) is 5. The Morgan fingerprint density at radius 3 is 2.34 bits per heavy atom. The molecule has 0 N–H and O–H groups in total. The summed E-state index contributed by atoms with van der Waals surface area (Å²) in [5.74, 6) is 0.979. The minimum absolute atomic E-state index is 0.0214. The zero-order chi connectivity index (χ0) is 25.9. The summed E-state index contributed by atoms with van der Waals surface area (Å²) in [6, 6.07) is 25.2. The van der Waals surface area contributed by atoms with Gasteiger partial charge in [-0.15, -0.1) is 0 Å². The van der Waals surface area contributed by atoms with Crippen LogP contribution < -0.4 is 0 Å². The Kier molecular flexibility index (Phi) is 7.20. The molecule has 6 nitrogen and oxygen atoms in total. The summed E-state index contributed by atoms with van der Waals surface area (Å²) in [6.07, 6.45) is 1.94. The van der Waals surface area contributed by atoms with Crippen LogP contribution >= 0.6 is 0 Å². The number of carbonyl (C=O) groups excluding carboxylic acids is 1. The first kappa shape index (κ1) is 24.8. The molecule has 2 aliphatic heterocycles. The highest BCUT2D eigenvalue weighted by molar-refractivity contribution is 5.79. The van der Waals surface area contributed by atoms with Gasteiger partial charge in [-0.1, -0.05) is 42.5 Å². The third-order valence-corrected chi connectivity index (χ3v) is 7.87. The summed E-state index contributed by atoms with van der Waals surface area (Å²) >= 11 is 0. The Labute approximate surface area is 223 Å². The lowest BCUT2D eigenvalue weighted by Gasteiger charge is -2.39. The maximum absolute atomic E-state index is 13.6. The van der Waals surface area contributed by atoms with Gasteiger partial charge < -0.3 is 4.90 Å². The van der Waals surface area contributed by atoms with Gasteiger partial charge >= 0.3 is 0 Å². The minimum Gasteiger partial charge on any atom is -0.340 e. The zero-order valence-corrected chi connectivity index (χ0v) is 21.7. The van der Waals surface area contributed by atoms with Crippen LogP contribution in [0, 0.1) is 11.7 Å². The molecule has 0 aliphatic carbocycles. The first-order valence-corrected chi connectivity index (χ1v) is 13.6. The monoisotopic (exact) mass is 511 g/mol. The van der Waals surface area contributed by atoms with E-state index in [1.807, 2.05) is 24.3 Å². The molecule has 3 aromatic carbocycles. The number of fused-ring (bicyclic) bond motifs is 1. The number of amides is 1. The Morgan fingerprint density at radius 1 is 0.816 bits per heavy atom. The van der Waals surface area contributed by atoms with Crippen molar-refractivity contribution < 1.29 is 9.18 Å². The molecule has 2 aliphatic rings. The summed E-state index contributed by atoms with van der Waals surface area (Å²) in [6.45, 7) is 6.70. The second kappa shape index (κ2) is 11.1. The molecular weight excluding hydrogens is 477 g/mol. The fraction of sp³-hybridized carbons (Fsp3) is 0.355. The Balaban J connectivity index is 1.12. The van der Waals surface area contributed by atoms with Crippen LogP contribution in [0.25, 0.3) is 16.7 Å². The molecule has 1 amide bonds. The standard InChI is InChI=1S/C31H34FN5O/c32-26-12-14-27(15-13-26)37-29-11-5-4-10-28(29)33-30(37)23-35-16-6-9-25(22-35)31(38)36-19-17-34(18-20-36)21-24-7-2-1-3-8-24/h1-5,7-8,10-15,25H,6,9,16-23H2/t25-/m1/s1. The van der Waals surface area contributed by atoms with Crippen LogP contribution in [0.15, 0.2) is 78.9 Å². The highest BCUT2D eigenvalue weighted by Gasteiger charge is 2.31. The molecule has 1 atom stereocenters. The number of hydrogen-bond donors (Lipinski definition) is 0. The summed E-state index contributed by atoms with van der Waals surface area (Å²) in [7, 11) is 0. The molecule has 196 valence electrons. The van der Waals surface area contributed by atoms with Gasteiger partial charge in [0.2, 0.25) is 5.91 Å². The van der Waals surface area contributed by atoms with E-state index in [0.717, 1.165) is 81.2 Å². The minimum atomic E-state index is -0.252. The number of benzene rings is 3. The summed E-state index contributed by atoms with van der Waals surface area (Å²) in [5, 5.41) is 0. The van der Waals surface area contributed by atoms with Crippen LogP contribution in [-0.2, 0) is 17.9 Å². The van der Waals surface area contributed by atoms with E-state index in [0.29, 0.717) is 12.5 Å². The predicted octanol–water partition coefficient (Wildman–Crippen LogP) is 4.72. The van der Waals surface area contributed by atoms with Gasteiger partial charge in [0.05, 0.1) is 23.5 Å². The number of para-hydroxylation sites is 2. The third kappa shape index (κ3) is 5.35. The number of carbonyl (C=O) groups is 1. The van der Waals surface area contributed by atoms with Gasteiger partial charge in [-0.25, -0.2) is 9.37 Å². The van der Waals surface area contributed by atoms with Crippen molar-refractivity contribution in [2.45, 2.75) is 25.9 Å². The van der Waals surface area contributed by atoms with Gasteiger partial charge in [0.15, 0.2) is 0 Å². The lowest BCUT2D eigenvalue weighted by Crippen LogP contribution is -2.52. The Hall–Kier alpha value is -3.55. The molecule has 1 aromatic heterocycles. The predicted molar refractivity (Wildman–Crippen MR) is 147 cm³/mol. The number of piperazine rings is 1. The number of piperidine rings is 1. The highest BCUT2D eigenvalue weighted by Crippen LogP contribution is 2.26. The Morgan fingerprint density at radius 2 is 1.55 bits per heavy atom. The number of halogens is 1. The molecule has 2 saturated heterocycles. The van der Waals surface area contributed by atoms with Gasteiger partial charge in [-0.3, -0.25) is 19.2 Å². The molecule has 6 rings (SSSR count). The summed E-state index contributed by atoms with van der Waals surface area (Å²) in [5.41, 5.74) is 4.15. The topological polar surface area (TPSA) is 44.6 Å². The maximum Gasteiger partial charge on any atom is 0.227 e. The van der Waals surface area contributed by atoms with E-state index in [1.54, 1.807) is 12.1 Å². The van der Waals surface area contributed by atoms with Crippen LogP contribution in [0.5, 0.6) is 0 Å². The van der Waals surface area contributed by atoms with Crippen molar-refractivity contribution in [2.75, 3.05) is 39.3 Å². The normalized spacial score (nSPS) is 19.2. The van der Waals surface area contributed by atoms with Crippen LogP contribution in [0.4, 0.5) is 4.39 Å². The quantitative estimate of drug-likeness (QED) is 0.376. The molecule has 2 fully saturated rings. The number of likely N-dealkylation sites (tertiary alicyclic amines) is 1. The molecule has 3 heterocycles. The van der Waals surface area contributed by atoms with Gasteiger partial charge in [0, 0.05) is 45.0 Å². The van der Waals surface area contributed by atoms with Crippen LogP contribution in [-0.4, -0.2) is 69.4 Å². The van der Waals surface area contributed by atoms with E-state index in [9.17, 15) is 9.18 Å². The van der Waals surface area contributed by atoms with Gasteiger partial charge in [-0.2, -0.15) is 0 Å². The first-order chi connectivity index (χ1) is 18.6. The summed E-state index contributed by atoms with van der Waals surface area (Å²) in [4.78, 5) is 25.3. The molecule has 0 spiro atoms. The van der Waals surface area contributed by atoms with E-state index < -0.39 is 0 Å². The maximum atomic E-state index is 13.6. The van der Waals surface area contributed by atoms with E-state index in [2.05, 4.69) is 49.6 Å². The average Bonchev–Trinajstić information content (AvgIpc) is 3.32. The van der Waals surface area contributed by atoms with Crippen molar-refractivity contribution in [1.29, 1.82) is 0 Å². The second-order valence-electron chi connectivity index (χ2n) is 10.5. The van der Waals surface area contributed by atoms with E-state index in [-0.39, 0.29) is 11.7 Å². The molecule has 38 heavy (non-hydrogen) atoms. The van der Waals surface area contributed by atoms with E-state index in [4.69, 9.17) is 4.98 Å². The lowest BCUT2D eigenvalue weighted by molar-refractivity contribution is -0.139. The molecule has 4 aromatic rings. The zero-order valence-electron chi connectivity index (χ0n) is 21.7. The number of hydrogen-bond acceptors (Lipinski definition) is 4. The van der Waals surface area contributed by atoms with Crippen molar-refractivity contribution >= 4 is 16.9 Å². The largest absolute Gasteiger partial charge is 0.340 e. The third-order valence-electron chi connectivity index (χ3n) is 7.87. The van der Waals surface area contributed by atoms with Crippen molar-refractivity contribution in [3.63, 3.8) is 0 Å². The fourth-order valence-corrected chi connectivity index (χ4v) is 5.89. The van der Waals surface area contributed by atoms with E-state index in [1.165, 1.54) is 17.7 Å². The molecule has 0 radical (unpaired) electrons. The van der Waals surface area contributed by atoms with Crippen LogP contribution in [0.2, 0.25) is 0 Å². The average molecular weight is 512 g/mol. The van der Waals surface area contributed by atoms with Gasteiger partial charge in [0.25, 0.3) is 0 Å². The molecule has 7 heteroatoms. The van der Waals surface area contributed by atoms with Gasteiger partial charge in [-0.05, 0) is 61.3 Å². The van der Waals surface area contributed by atoms with Gasteiger partial charge in [0.1, 0.15) is 11.6 Å². The van der Waals surface area contributed by atoms with Crippen LogP contribution in [0.3, 0.4) is 0 Å².